The lowest BCUT2D eigenvalue weighted by molar-refractivity contribution is 0.0653. The Morgan fingerprint density at radius 3 is 2.35 bits per heavy atom. The molecule has 2 aromatic carbocycles. The third-order valence-electron chi connectivity index (χ3n) is 5.92. The van der Waals surface area contributed by atoms with E-state index < -0.39 is 0 Å². The lowest BCUT2D eigenvalue weighted by Gasteiger charge is -2.34. The largest absolute Gasteiger partial charge is 0.396 e. The van der Waals surface area contributed by atoms with Crippen LogP contribution in [-0.4, -0.2) is 41.4 Å². The summed E-state index contributed by atoms with van der Waals surface area (Å²) in [5.74, 6) is 0.325. The molecule has 1 amide bonds. The number of hydrogen-bond donors (Lipinski definition) is 1. The van der Waals surface area contributed by atoms with Gasteiger partial charge in [0.1, 0.15) is 0 Å². The van der Waals surface area contributed by atoms with E-state index in [-0.39, 0.29) is 24.3 Å². The van der Waals surface area contributed by atoms with Gasteiger partial charge in [0.15, 0.2) is 5.78 Å². The van der Waals surface area contributed by atoms with Crippen LogP contribution in [0.3, 0.4) is 0 Å². The number of amides is 1. The fraction of sp³-hybridized carbons (Fsp3) is 0.364. The van der Waals surface area contributed by atoms with E-state index in [9.17, 15) is 14.7 Å². The van der Waals surface area contributed by atoms with Gasteiger partial charge in [0, 0.05) is 36.4 Å². The van der Waals surface area contributed by atoms with Crippen LogP contribution in [0.1, 0.15) is 52.0 Å². The third kappa shape index (κ3) is 2.74. The number of hydrogen-bond acceptors (Lipinski definition) is 3. The number of nitrogens with zero attached hydrogens (tertiary/aromatic N) is 1. The van der Waals surface area contributed by atoms with Gasteiger partial charge in [-0.25, -0.2) is 0 Å². The van der Waals surface area contributed by atoms with Crippen molar-refractivity contribution in [3.05, 3.63) is 59.2 Å². The molecule has 4 heteroatoms. The molecule has 1 fully saturated rings. The van der Waals surface area contributed by atoms with Gasteiger partial charge in [-0.2, -0.15) is 0 Å². The SMILES string of the molecule is CN(C(=O)c1ccc2c(c1)C(=O)c1ccccc1-2)C1CCC(CO)CC1. The zero-order valence-electron chi connectivity index (χ0n) is 14.9. The molecule has 1 N–H and O–H groups in total. The third-order valence-corrected chi connectivity index (χ3v) is 5.92. The number of benzene rings is 2. The first-order chi connectivity index (χ1) is 12.6. The van der Waals surface area contributed by atoms with Gasteiger partial charge in [-0.05, 0) is 54.9 Å². The van der Waals surface area contributed by atoms with Crippen molar-refractivity contribution in [1.29, 1.82) is 0 Å². The maximum atomic E-state index is 12.9. The summed E-state index contributed by atoms with van der Waals surface area (Å²) in [4.78, 5) is 27.4. The van der Waals surface area contributed by atoms with Gasteiger partial charge in [0.25, 0.3) is 5.91 Å². The van der Waals surface area contributed by atoms with Crippen molar-refractivity contribution in [3.63, 3.8) is 0 Å². The maximum absolute atomic E-state index is 12.9. The van der Waals surface area contributed by atoms with Crippen LogP contribution >= 0.6 is 0 Å². The minimum Gasteiger partial charge on any atom is -0.396 e. The number of ketones is 1. The number of carbonyl (C=O) groups is 2. The second-order valence-electron chi connectivity index (χ2n) is 7.41. The lowest BCUT2D eigenvalue weighted by Crippen LogP contribution is -2.39. The molecule has 0 saturated heterocycles. The topological polar surface area (TPSA) is 57.6 Å². The highest BCUT2D eigenvalue weighted by molar-refractivity contribution is 6.22. The summed E-state index contributed by atoms with van der Waals surface area (Å²) in [5, 5.41) is 9.28. The van der Waals surface area contributed by atoms with Crippen molar-refractivity contribution >= 4 is 11.7 Å². The van der Waals surface area contributed by atoms with Gasteiger partial charge in [-0.1, -0.05) is 30.3 Å². The van der Waals surface area contributed by atoms with E-state index in [2.05, 4.69) is 0 Å². The highest BCUT2D eigenvalue weighted by Crippen LogP contribution is 2.37. The van der Waals surface area contributed by atoms with Gasteiger partial charge >= 0.3 is 0 Å². The van der Waals surface area contributed by atoms with E-state index in [1.165, 1.54) is 0 Å². The Labute approximate surface area is 153 Å². The Morgan fingerprint density at radius 2 is 1.65 bits per heavy atom. The molecule has 2 aliphatic carbocycles. The molecule has 4 nitrogen and oxygen atoms in total. The van der Waals surface area contributed by atoms with Crippen molar-refractivity contribution in [3.8, 4) is 11.1 Å². The zero-order valence-corrected chi connectivity index (χ0v) is 14.9. The number of aliphatic hydroxyl groups is 1. The summed E-state index contributed by atoms with van der Waals surface area (Å²) in [6.45, 7) is 0.234. The molecular formula is C22H23NO3. The monoisotopic (exact) mass is 349 g/mol. The van der Waals surface area contributed by atoms with Gasteiger partial charge in [-0.3, -0.25) is 9.59 Å². The first-order valence-electron chi connectivity index (χ1n) is 9.26. The van der Waals surface area contributed by atoms with Crippen LogP contribution in [0.25, 0.3) is 11.1 Å². The Hall–Kier alpha value is -2.46. The molecule has 26 heavy (non-hydrogen) atoms. The first-order valence-corrected chi connectivity index (χ1v) is 9.26. The molecule has 0 heterocycles. The fourth-order valence-electron chi connectivity index (χ4n) is 4.25. The van der Waals surface area contributed by atoms with Crippen molar-refractivity contribution < 1.29 is 14.7 Å². The maximum Gasteiger partial charge on any atom is 0.253 e. The minimum atomic E-state index is -0.0380. The molecule has 2 aliphatic rings. The molecular weight excluding hydrogens is 326 g/mol. The van der Waals surface area contributed by atoms with Crippen molar-refractivity contribution in [2.75, 3.05) is 13.7 Å². The van der Waals surface area contributed by atoms with E-state index in [1.807, 2.05) is 48.3 Å². The predicted octanol–water partition coefficient (Wildman–Crippen LogP) is 3.52. The average Bonchev–Trinajstić information content (AvgIpc) is 2.99. The number of fused-ring (bicyclic) bond motifs is 3. The molecule has 4 rings (SSSR count). The molecule has 0 radical (unpaired) electrons. The van der Waals surface area contributed by atoms with Crippen molar-refractivity contribution in [2.45, 2.75) is 31.7 Å². The van der Waals surface area contributed by atoms with Crippen molar-refractivity contribution in [1.82, 2.24) is 4.90 Å². The summed E-state index contributed by atoms with van der Waals surface area (Å²) in [7, 11) is 1.84. The highest BCUT2D eigenvalue weighted by Gasteiger charge is 2.30. The van der Waals surface area contributed by atoms with Gasteiger partial charge < -0.3 is 10.0 Å². The quantitative estimate of drug-likeness (QED) is 0.787. The molecule has 0 bridgehead atoms. The van der Waals surface area contributed by atoms with Crippen molar-refractivity contribution in [2.24, 2.45) is 5.92 Å². The normalized spacial score (nSPS) is 21.2. The minimum absolute atomic E-state index is 0.00337. The van der Waals surface area contributed by atoms with Crippen LogP contribution in [-0.2, 0) is 0 Å². The smallest absolute Gasteiger partial charge is 0.253 e. The molecule has 0 unspecified atom stereocenters. The Morgan fingerprint density at radius 1 is 1.00 bits per heavy atom. The van der Waals surface area contributed by atoms with Gasteiger partial charge in [0.2, 0.25) is 0 Å². The summed E-state index contributed by atoms with van der Waals surface area (Å²) in [6, 6.07) is 13.2. The molecule has 0 atom stereocenters. The fourth-order valence-corrected chi connectivity index (χ4v) is 4.25. The Bertz CT molecular complexity index is 865. The lowest BCUT2D eigenvalue weighted by atomic mass is 9.86. The van der Waals surface area contributed by atoms with E-state index >= 15 is 0 Å². The summed E-state index contributed by atoms with van der Waals surface area (Å²) >= 11 is 0. The Kier molecular flexibility index (Phi) is 4.37. The van der Waals surface area contributed by atoms with E-state index in [1.54, 1.807) is 6.07 Å². The molecule has 0 spiro atoms. The second-order valence-corrected chi connectivity index (χ2v) is 7.41. The molecule has 1 saturated carbocycles. The zero-order chi connectivity index (χ0) is 18.3. The van der Waals surface area contributed by atoms with Gasteiger partial charge in [0.05, 0.1) is 0 Å². The Balaban J connectivity index is 1.56. The molecule has 2 aromatic rings. The molecule has 134 valence electrons. The van der Waals surface area contributed by atoms with Crippen LogP contribution in [0.2, 0.25) is 0 Å². The summed E-state index contributed by atoms with van der Waals surface area (Å²) in [6.07, 6.45) is 3.75. The first kappa shape index (κ1) is 17.0. The van der Waals surface area contributed by atoms with Crippen LogP contribution in [0.4, 0.5) is 0 Å². The average molecular weight is 349 g/mol. The number of carbonyl (C=O) groups excluding carboxylic acids is 2. The molecule has 0 aliphatic heterocycles. The summed E-state index contributed by atoms with van der Waals surface area (Å²) in [5.41, 5.74) is 3.75. The van der Waals surface area contributed by atoms with Crippen LogP contribution < -0.4 is 0 Å². The van der Waals surface area contributed by atoms with Crippen LogP contribution in [0.15, 0.2) is 42.5 Å². The van der Waals surface area contributed by atoms with E-state index in [4.69, 9.17) is 0 Å². The summed E-state index contributed by atoms with van der Waals surface area (Å²) < 4.78 is 0. The molecule has 0 aromatic heterocycles. The van der Waals surface area contributed by atoms with Crippen LogP contribution in [0, 0.1) is 5.92 Å². The van der Waals surface area contributed by atoms with E-state index in [0.717, 1.165) is 36.8 Å². The number of aliphatic hydroxyl groups excluding tert-OH is 1. The van der Waals surface area contributed by atoms with Gasteiger partial charge in [-0.15, -0.1) is 0 Å². The second kappa shape index (κ2) is 6.69. The number of rotatable bonds is 3. The van der Waals surface area contributed by atoms with Crippen LogP contribution in [0.5, 0.6) is 0 Å². The van der Waals surface area contributed by atoms with E-state index in [0.29, 0.717) is 22.6 Å². The highest BCUT2D eigenvalue weighted by atomic mass is 16.3. The predicted molar refractivity (Wildman–Crippen MR) is 100 cm³/mol. The standard InChI is InChI=1S/C22H23NO3/c1-23(16-9-6-14(13-24)7-10-16)22(26)15-8-11-18-17-4-2-3-5-19(17)21(25)20(18)12-15/h2-5,8,11-12,14,16,24H,6-7,9-10,13H2,1H3.